The van der Waals surface area contributed by atoms with Crippen LogP contribution in [0.2, 0.25) is 0 Å². The van der Waals surface area contributed by atoms with Crippen molar-refractivity contribution in [2.45, 2.75) is 0 Å². The molecule has 0 aliphatic heterocycles. The fourth-order valence-electron chi connectivity index (χ4n) is 0.167. The van der Waals surface area contributed by atoms with E-state index < -0.39 is 5.31 Å². The lowest BCUT2D eigenvalue weighted by Gasteiger charge is -1.91. The molecule has 0 radical (unpaired) electrons. The average Bonchev–Trinajstić information content (AvgIpc) is 1.79. The van der Waals surface area contributed by atoms with E-state index >= 15 is 0 Å². The van der Waals surface area contributed by atoms with Gasteiger partial charge in [0.25, 0.3) is 0 Å². The summed E-state index contributed by atoms with van der Waals surface area (Å²) in [6, 6.07) is 0. The Kier molecular flexibility index (Phi) is 12.6. The second-order valence-corrected chi connectivity index (χ2v) is 12.6. The van der Waals surface area contributed by atoms with Crippen LogP contribution in [-0.2, 0) is 9.47 Å². The zero-order valence-electron chi connectivity index (χ0n) is 6.24. The highest BCUT2D eigenvalue weighted by molar-refractivity contribution is 7.81. The maximum Gasteiger partial charge on any atom is 0.440 e. The summed E-state index contributed by atoms with van der Waals surface area (Å²) in [5.41, 5.74) is 0. The van der Waals surface area contributed by atoms with E-state index in [4.69, 9.17) is 44.3 Å². The van der Waals surface area contributed by atoms with E-state index in [1.54, 1.807) is 14.2 Å². The average molecular weight is 260 g/mol. The molecule has 0 rings (SSSR count). The molecular weight excluding hydrogens is 250 g/mol. The first-order chi connectivity index (χ1) is 4.91. The van der Waals surface area contributed by atoms with E-state index in [1.807, 2.05) is 0 Å². The van der Waals surface area contributed by atoms with Gasteiger partial charge in [-0.15, -0.1) is 44.3 Å². The van der Waals surface area contributed by atoms with Crippen molar-refractivity contribution in [3.05, 3.63) is 0 Å². The van der Waals surface area contributed by atoms with Crippen molar-refractivity contribution in [2.24, 2.45) is 0 Å². The molecule has 0 heterocycles. The smallest absolute Gasteiger partial charge is 0.382 e. The van der Waals surface area contributed by atoms with E-state index in [1.165, 1.54) is 0 Å². The molecule has 0 spiro atoms. The van der Waals surface area contributed by atoms with E-state index in [2.05, 4.69) is 9.47 Å². The number of ether oxygens (including phenoxy) is 2. The highest BCUT2D eigenvalue weighted by Gasteiger charge is 2.19. The van der Waals surface area contributed by atoms with E-state index in [0.717, 1.165) is 0 Å². The summed E-state index contributed by atoms with van der Waals surface area (Å²) in [6.45, 7) is 1.38. The molecule has 0 N–H and O–H groups in total. The van der Waals surface area contributed by atoms with Gasteiger partial charge in [-0.1, -0.05) is 0 Å². The Hall–Kier alpha value is 1.30. The first kappa shape index (κ1) is 14.8. The molecule has 0 aliphatic carbocycles. The number of hydrogen-bond acceptors (Lipinski definition) is 2. The molecule has 2 nitrogen and oxygen atoms in total. The van der Waals surface area contributed by atoms with E-state index in [0.29, 0.717) is 13.2 Å². The molecular formula is C4H10Cl4O2Si. The minimum absolute atomic E-state index is 0.691. The predicted molar refractivity (Wildman–Crippen MR) is 52.9 cm³/mol. The third-order valence-corrected chi connectivity index (χ3v) is 0.492. The van der Waals surface area contributed by atoms with Crippen LogP contribution >= 0.6 is 44.3 Å². The minimum atomic E-state index is -2.72. The van der Waals surface area contributed by atoms with Crippen LogP contribution in [0.15, 0.2) is 0 Å². The number of rotatable bonds is 3. The Balaban J connectivity index is 0. The van der Waals surface area contributed by atoms with Crippen molar-refractivity contribution in [1.82, 2.24) is 0 Å². The van der Waals surface area contributed by atoms with Gasteiger partial charge in [0.05, 0.1) is 13.2 Å². The van der Waals surface area contributed by atoms with Crippen LogP contribution in [0.1, 0.15) is 0 Å². The first-order valence-electron chi connectivity index (χ1n) is 2.65. The van der Waals surface area contributed by atoms with Gasteiger partial charge in [-0.05, 0) is 0 Å². The second-order valence-electron chi connectivity index (χ2n) is 1.41. The number of halogens is 4. The monoisotopic (exact) mass is 258 g/mol. The molecule has 7 heteroatoms. The first-order valence-corrected chi connectivity index (χ1v) is 8.70. The molecule has 70 valence electrons. The van der Waals surface area contributed by atoms with Gasteiger partial charge in [0.2, 0.25) is 0 Å². The topological polar surface area (TPSA) is 18.5 Å². The van der Waals surface area contributed by atoms with Gasteiger partial charge in [0, 0.05) is 14.2 Å². The molecule has 0 saturated carbocycles. The molecule has 0 aromatic heterocycles. The van der Waals surface area contributed by atoms with Crippen LogP contribution in [0, 0.1) is 0 Å². The standard InChI is InChI=1S/C4H10O2.Cl4Si/c1-5-3-4-6-2;1-5(2,3)4/h3-4H2,1-2H3;. The third kappa shape index (κ3) is 52.9. The molecule has 0 aliphatic rings. The zero-order chi connectivity index (χ0) is 9.33. The molecule has 0 unspecified atom stereocenters. The summed E-state index contributed by atoms with van der Waals surface area (Å²) >= 11 is 19.9. The zero-order valence-corrected chi connectivity index (χ0v) is 10.3. The van der Waals surface area contributed by atoms with E-state index in [9.17, 15) is 0 Å². The summed E-state index contributed by atoms with van der Waals surface area (Å²) in [7, 11) is 3.30. The number of methoxy groups -OCH3 is 2. The Morgan fingerprint density at radius 2 is 1.09 bits per heavy atom. The summed E-state index contributed by atoms with van der Waals surface area (Å²) in [5, 5.41) is -2.72. The van der Waals surface area contributed by atoms with Crippen molar-refractivity contribution in [1.29, 1.82) is 0 Å². The maximum atomic E-state index is 4.97. The summed E-state index contributed by atoms with van der Waals surface area (Å²) in [6.07, 6.45) is 0. The molecule has 0 aromatic rings. The molecule has 0 aromatic carbocycles. The van der Waals surface area contributed by atoms with Gasteiger partial charge in [-0.2, -0.15) is 0 Å². The molecule has 0 bridgehead atoms. The Morgan fingerprint density at radius 1 is 0.909 bits per heavy atom. The van der Waals surface area contributed by atoms with Crippen molar-refractivity contribution in [3.8, 4) is 0 Å². The lowest BCUT2D eigenvalue weighted by molar-refractivity contribution is 0.103. The quantitative estimate of drug-likeness (QED) is 0.441. The maximum absolute atomic E-state index is 4.97. The van der Waals surface area contributed by atoms with Crippen LogP contribution in [0.3, 0.4) is 0 Å². The summed E-state index contributed by atoms with van der Waals surface area (Å²) in [4.78, 5) is 0. The highest BCUT2D eigenvalue weighted by atomic mass is 36.0. The van der Waals surface area contributed by atoms with Gasteiger partial charge in [0.1, 0.15) is 0 Å². The molecule has 11 heavy (non-hydrogen) atoms. The van der Waals surface area contributed by atoms with Crippen molar-refractivity contribution >= 4 is 49.6 Å². The van der Waals surface area contributed by atoms with Crippen molar-refractivity contribution in [2.75, 3.05) is 27.4 Å². The van der Waals surface area contributed by atoms with Gasteiger partial charge >= 0.3 is 5.31 Å². The van der Waals surface area contributed by atoms with Crippen LogP contribution in [-0.4, -0.2) is 32.7 Å². The number of hydrogen-bond donors (Lipinski definition) is 0. The lowest BCUT2D eigenvalue weighted by Crippen LogP contribution is -1.96. The fourth-order valence-corrected chi connectivity index (χ4v) is 0.167. The van der Waals surface area contributed by atoms with Crippen LogP contribution in [0.5, 0.6) is 0 Å². The molecule has 0 saturated heterocycles. The van der Waals surface area contributed by atoms with Gasteiger partial charge in [0.15, 0.2) is 0 Å². The van der Waals surface area contributed by atoms with E-state index in [-0.39, 0.29) is 0 Å². The van der Waals surface area contributed by atoms with Crippen molar-refractivity contribution in [3.63, 3.8) is 0 Å². The molecule has 0 atom stereocenters. The predicted octanol–water partition coefficient (Wildman–Crippen LogP) is 2.66. The third-order valence-electron chi connectivity index (χ3n) is 0.492. The largest absolute Gasteiger partial charge is 0.440 e. The van der Waals surface area contributed by atoms with Gasteiger partial charge < -0.3 is 9.47 Å². The lowest BCUT2D eigenvalue weighted by atomic mass is 10.8. The molecule has 0 fully saturated rings. The van der Waals surface area contributed by atoms with Gasteiger partial charge in [-0.25, -0.2) is 0 Å². The van der Waals surface area contributed by atoms with Crippen LogP contribution in [0.4, 0.5) is 0 Å². The van der Waals surface area contributed by atoms with Crippen molar-refractivity contribution < 1.29 is 9.47 Å². The summed E-state index contributed by atoms with van der Waals surface area (Å²) < 4.78 is 9.31. The fraction of sp³-hybridized carbons (Fsp3) is 1.00. The summed E-state index contributed by atoms with van der Waals surface area (Å²) in [5.74, 6) is 0. The SMILES string of the molecule is COCCOC.Cl[Si](Cl)(Cl)Cl. The Morgan fingerprint density at radius 3 is 1.18 bits per heavy atom. The normalized spacial score (nSPS) is 10.4. The Labute approximate surface area is 86.5 Å². The van der Waals surface area contributed by atoms with Gasteiger partial charge in [-0.3, -0.25) is 0 Å². The van der Waals surface area contributed by atoms with Crippen LogP contribution < -0.4 is 0 Å². The van der Waals surface area contributed by atoms with Crippen LogP contribution in [0.25, 0.3) is 0 Å². The Bertz CT molecular complexity index is 67.0. The molecule has 0 amide bonds. The highest BCUT2D eigenvalue weighted by Crippen LogP contribution is 2.23. The minimum Gasteiger partial charge on any atom is -0.382 e. The second kappa shape index (κ2) is 9.39.